The summed E-state index contributed by atoms with van der Waals surface area (Å²) in [5.74, 6) is 0.242. The first kappa shape index (κ1) is 20.5. The molecule has 148 valence electrons. The second kappa shape index (κ2) is 8.85. The third-order valence-electron chi connectivity index (χ3n) is 4.50. The molecule has 1 unspecified atom stereocenters. The lowest BCUT2D eigenvalue weighted by atomic mass is 10.2. The van der Waals surface area contributed by atoms with Gasteiger partial charge in [0.1, 0.15) is 15.8 Å². The van der Waals surface area contributed by atoms with Crippen LogP contribution in [0.5, 0.6) is 0 Å². The van der Waals surface area contributed by atoms with Crippen LogP contribution in [0.1, 0.15) is 25.8 Å². The second-order valence-electron chi connectivity index (χ2n) is 6.34. The van der Waals surface area contributed by atoms with E-state index in [4.69, 9.17) is 17.0 Å². The van der Waals surface area contributed by atoms with E-state index in [2.05, 4.69) is 10.3 Å². The van der Waals surface area contributed by atoms with Crippen LogP contribution in [0.3, 0.4) is 0 Å². The molecule has 0 aliphatic carbocycles. The highest BCUT2D eigenvalue weighted by molar-refractivity contribution is 8.26. The van der Waals surface area contributed by atoms with E-state index in [1.54, 1.807) is 36.4 Å². The number of carbonyl (C=O) groups is 1. The van der Waals surface area contributed by atoms with Crippen molar-refractivity contribution in [3.05, 3.63) is 45.2 Å². The fourth-order valence-corrected chi connectivity index (χ4v) is 4.26. The number of thioether (sulfide) groups is 1. The number of amides is 1. The zero-order valence-corrected chi connectivity index (χ0v) is 17.6. The summed E-state index contributed by atoms with van der Waals surface area (Å²) < 4.78 is 7.04. The largest absolute Gasteiger partial charge is 0.383 e. The van der Waals surface area contributed by atoms with Crippen molar-refractivity contribution in [3.8, 4) is 0 Å². The van der Waals surface area contributed by atoms with E-state index in [1.807, 2.05) is 19.9 Å². The molecule has 3 rings (SSSR count). The van der Waals surface area contributed by atoms with Crippen LogP contribution in [0.15, 0.2) is 34.1 Å². The number of rotatable bonds is 7. The zero-order chi connectivity index (χ0) is 20.3. The Kier molecular flexibility index (Phi) is 6.48. The molecule has 1 aliphatic heterocycles. The van der Waals surface area contributed by atoms with Crippen LogP contribution in [-0.4, -0.2) is 50.8 Å². The summed E-state index contributed by atoms with van der Waals surface area (Å²) in [5, 5.41) is 3.13. The molecule has 9 heteroatoms. The number of hydrogen-bond acceptors (Lipinski definition) is 7. The predicted molar refractivity (Wildman–Crippen MR) is 117 cm³/mol. The van der Waals surface area contributed by atoms with Crippen LogP contribution in [0.25, 0.3) is 11.7 Å². The third kappa shape index (κ3) is 3.96. The van der Waals surface area contributed by atoms with Gasteiger partial charge in [0.15, 0.2) is 0 Å². The lowest BCUT2D eigenvalue weighted by Gasteiger charge is -2.21. The molecule has 1 N–H and O–H groups in total. The molecular weight excluding hydrogens is 396 g/mol. The van der Waals surface area contributed by atoms with Gasteiger partial charge in [-0.3, -0.25) is 18.9 Å². The van der Waals surface area contributed by atoms with Gasteiger partial charge in [0.25, 0.3) is 11.5 Å². The number of hydrogen-bond donors (Lipinski definition) is 1. The standard InChI is InChI=1S/C19H22N4O3S2/c1-4-12(2)23-18(25)14(28-19(23)27)11-13-16(20-8-10-26-3)21-15-7-5-6-9-22(15)17(13)24/h5-7,9,11-12,20H,4,8,10H2,1-3H3. The minimum atomic E-state index is -0.251. The molecule has 3 heterocycles. The normalized spacial score (nSPS) is 17.0. The molecule has 0 bridgehead atoms. The number of aromatic nitrogens is 2. The van der Waals surface area contributed by atoms with Crippen molar-refractivity contribution in [1.82, 2.24) is 14.3 Å². The number of ether oxygens (including phenoxy) is 1. The summed E-state index contributed by atoms with van der Waals surface area (Å²) in [7, 11) is 1.60. The first-order chi connectivity index (χ1) is 13.5. The number of pyridine rings is 1. The van der Waals surface area contributed by atoms with Crippen molar-refractivity contribution in [2.24, 2.45) is 0 Å². The summed E-state index contributed by atoms with van der Waals surface area (Å²) in [4.78, 5) is 32.5. The summed E-state index contributed by atoms with van der Waals surface area (Å²) in [6.45, 7) is 4.91. The van der Waals surface area contributed by atoms with E-state index in [9.17, 15) is 9.59 Å². The molecule has 0 radical (unpaired) electrons. The summed E-state index contributed by atoms with van der Waals surface area (Å²) >= 11 is 6.59. The molecule has 7 nitrogen and oxygen atoms in total. The molecular formula is C19H22N4O3S2. The lowest BCUT2D eigenvalue weighted by Crippen LogP contribution is -2.36. The number of thiocarbonyl (C=S) groups is 1. The summed E-state index contributed by atoms with van der Waals surface area (Å²) in [5.41, 5.74) is 0.598. The third-order valence-corrected chi connectivity index (χ3v) is 5.83. The van der Waals surface area contributed by atoms with Crippen molar-refractivity contribution >= 4 is 51.7 Å². The quantitative estimate of drug-likeness (QED) is 0.421. The first-order valence-electron chi connectivity index (χ1n) is 8.99. The highest BCUT2D eigenvalue weighted by Crippen LogP contribution is 2.34. The predicted octanol–water partition coefficient (Wildman–Crippen LogP) is 2.75. The number of carbonyl (C=O) groups excluding carboxylic acids is 1. The Hall–Kier alpha value is -2.23. The Labute approximate surface area is 172 Å². The Morgan fingerprint density at radius 2 is 2.18 bits per heavy atom. The monoisotopic (exact) mass is 418 g/mol. The van der Waals surface area contributed by atoms with Gasteiger partial charge in [0, 0.05) is 25.9 Å². The molecule has 0 spiro atoms. The van der Waals surface area contributed by atoms with Gasteiger partial charge in [-0.1, -0.05) is 37.0 Å². The van der Waals surface area contributed by atoms with E-state index in [1.165, 1.54) is 16.2 Å². The van der Waals surface area contributed by atoms with Gasteiger partial charge >= 0.3 is 0 Å². The summed E-state index contributed by atoms with van der Waals surface area (Å²) in [6, 6.07) is 5.35. The van der Waals surface area contributed by atoms with Crippen molar-refractivity contribution in [2.45, 2.75) is 26.3 Å². The average molecular weight is 419 g/mol. The smallest absolute Gasteiger partial charge is 0.267 e. The molecule has 0 saturated carbocycles. The van der Waals surface area contributed by atoms with E-state index in [-0.39, 0.29) is 17.5 Å². The molecule has 0 aromatic carbocycles. The van der Waals surface area contributed by atoms with Gasteiger partial charge in [-0.25, -0.2) is 4.98 Å². The van der Waals surface area contributed by atoms with Gasteiger partial charge in [0.05, 0.1) is 17.1 Å². The minimum Gasteiger partial charge on any atom is -0.383 e. The zero-order valence-electron chi connectivity index (χ0n) is 16.0. The minimum absolute atomic E-state index is 0.00789. The van der Waals surface area contributed by atoms with Crippen LogP contribution in [0.2, 0.25) is 0 Å². The fraction of sp³-hybridized carbons (Fsp3) is 0.368. The number of methoxy groups -OCH3 is 1. The van der Waals surface area contributed by atoms with Gasteiger partial charge in [-0.2, -0.15) is 0 Å². The topological polar surface area (TPSA) is 75.9 Å². The van der Waals surface area contributed by atoms with Gasteiger partial charge in [-0.05, 0) is 31.6 Å². The Morgan fingerprint density at radius 3 is 2.89 bits per heavy atom. The van der Waals surface area contributed by atoms with Gasteiger partial charge in [-0.15, -0.1) is 0 Å². The van der Waals surface area contributed by atoms with Gasteiger partial charge < -0.3 is 10.1 Å². The maximum absolute atomic E-state index is 13.1. The van der Waals surface area contributed by atoms with Crippen molar-refractivity contribution < 1.29 is 9.53 Å². The lowest BCUT2D eigenvalue weighted by molar-refractivity contribution is -0.123. The van der Waals surface area contributed by atoms with E-state index >= 15 is 0 Å². The fourth-order valence-electron chi connectivity index (χ4n) is 2.81. The Bertz CT molecular complexity index is 1000. The van der Waals surface area contributed by atoms with Crippen LogP contribution in [0.4, 0.5) is 5.82 Å². The number of anilines is 1. The van der Waals surface area contributed by atoms with Crippen molar-refractivity contribution in [3.63, 3.8) is 0 Å². The van der Waals surface area contributed by atoms with E-state index in [0.717, 1.165) is 6.42 Å². The first-order valence-corrected chi connectivity index (χ1v) is 10.2. The van der Waals surface area contributed by atoms with Crippen LogP contribution >= 0.6 is 24.0 Å². The molecule has 2 aromatic heterocycles. The summed E-state index contributed by atoms with van der Waals surface area (Å²) in [6.07, 6.45) is 4.04. The molecule has 1 saturated heterocycles. The molecule has 2 aromatic rings. The van der Waals surface area contributed by atoms with Crippen molar-refractivity contribution in [2.75, 3.05) is 25.6 Å². The molecule has 28 heavy (non-hydrogen) atoms. The maximum Gasteiger partial charge on any atom is 0.267 e. The highest BCUT2D eigenvalue weighted by atomic mass is 32.2. The average Bonchev–Trinajstić information content (AvgIpc) is 2.97. The van der Waals surface area contributed by atoms with Crippen LogP contribution < -0.4 is 10.9 Å². The SMILES string of the molecule is CCC(C)N1C(=O)C(=Cc2c(NCCOC)nc3ccccn3c2=O)SC1=S. The second-order valence-corrected chi connectivity index (χ2v) is 8.01. The molecule has 1 aliphatic rings. The van der Waals surface area contributed by atoms with Crippen LogP contribution in [-0.2, 0) is 9.53 Å². The highest BCUT2D eigenvalue weighted by Gasteiger charge is 2.35. The van der Waals surface area contributed by atoms with Gasteiger partial charge in [0.2, 0.25) is 0 Å². The molecule has 1 amide bonds. The Morgan fingerprint density at radius 1 is 1.39 bits per heavy atom. The maximum atomic E-state index is 13.1. The molecule has 1 atom stereocenters. The number of nitrogens with one attached hydrogen (secondary N) is 1. The number of fused-ring (bicyclic) bond motifs is 1. The number of nitrogens with zero attached hydrogens (tertiary/aromatic N) is 3. The van der Waals surface area contributed by atoms with E-state index < -0.39 is 0 Å². The Balaban J connectivity index is 2.08. The molecule has 1 fully saturated rings. The van der Waals surface area contributed by atoms with Crippen molar-refractivity contribution in [1.29, 1.82) is 0 Å². The van der Waals surface area contributed by atoms with E-state index in [0.29, 0.717) is 39.4 Å². The van der Waals surface area contributed by atoms with Crippen LogP contribution in [0, 0.1) is 0 Å².